The number of likely N-dealkylation sites (tertiary alicyclic amines) is 1. The van der Waals surface area contributed by atoms with Gasteiger partial charge < -0.3 is 14.9 Å². The van der Waals surface area contributed by atoms with Crippen molar-refractivity contribution in [3.63, 3.8) is 0 Å². The van der Waals surface area contributed by atoms with Crippen molar-refractivity contribution in [2.45, 2.75) is 25.8 Å². The van der Waals surface area contributed by atoms with Gasteiger partial charge in [0.1, 0.15) is 5.69 Å². The third kappa shape index (κ3) is 3.58. The van der Waals surface area contributed by atoms with Gasteiger partial charge in [-0.05, 0) is 31.5 Å². The lowest BCUT2D eigenvalue weighted by Crippen LogP contribution is -2.45. The highest BCUT2D eigenvalue weighted by Gasteiger charge is 2.26. The maximum atomic E-state index is 12.4. The number of carboxylic acid groups (broad SMARTS) is 1. The first-order valence-electron chi connectivity index (χ1n) is 7.21. The molecule has 1 aliphatic rings. The highest BCUT2D eigenvalue weighted by Crippen LogP contribution is 2.17. The summed E-state index contributed by atoms with van der Waals surface area (Å²) in [6, 6.07) is 3.11. The molecule has 0 unspecified atom stereocenters. The number of piperidine rings is 1. The van der Waals surface area contributed by atoms with E-state index in [2.05, 4.69) is 16.8 Å². The van der Waals surface area contributed by atoms with E-state index in [1.807, 2.05) is 0 Å². The van der Waals surface area contributed by atoms with Gasteiger partial charge in [0.25, 0.3) is 5.91 Å². The quantitative estimate of drug-likeness (QED) is 0.906. The number of aromatic carboxylic acids is 1. The molecule has 2 rings (SSSR count). The summed E-state index contributed by atoms with van der Waals surface area (Å²) in [5.41, 5.74) is 0.380. The SMILES string of the molecule is CCN1CCC(N(C)C(=O)c2ccc(C(=O)O)cn2)CC1. The fourth-order valence-corrected chi connectivity index (χ4v) is 2.62. The second kappa shape index (κ2) is 6.67. The molecule has 0 aliphatic carbocycles. The normalized spacial score (nSPS) is 16.7. The predicted molar refractivity (Wildman–Crippen MR) is 78.4 cm³/mol. The molecule has 0 atom stereocenters. The monoisotopic (exact) mass is 291 g/mol. The van der Waals surface area contributed by atoms with Crippen molar-refractivity contribution in [3.8, 4) is 0 Å². The van der Waals surface area contributed by atoms with Crippen LogP contribution in [0.25, 0.3) is 0 Å². The number of rotatable bonds is 4. The maximum Gasteiger partial charge on any atom is 0.337 e. The van der Waals surface area contributed by atoms with E-state index in [1.54, 1.807) is 11.9 Å². The highest BCUT2D eigenvalue weighted by atomic mass is 16.4. The zero-order valence-corrected chi connectivity index (χ0v) is 12.5. The average molecular weight is 291 g/mol. The Bertz CT molecular complexity index is 507. The minimum absolute atomic E-state index is 0.0884. The minimum Gasteiger partial charge on any atom is -0.478 e. The number of nitrogens with zero attached hydrogens (tertiary/aromatic N) is 3. The van der Waals surface area contributed by atoms with Gasteiger partial charge in [0, 0.05) is 32.4 Å². The van der Waals surface area contributed by atoms with E-state index in [1.165, 1.54) is 18.3 Å². The third-order valence-corrected chi connectivity index (χ3v) is 4.10. The standard InChI is InChI=1S/C15H21N3O3/c1-3-18-8-6-12(7-9-18)17(2)14(19)13-5-4-11(10-16-13)15(20)21/h4-5,10,12H,3,6-9H2,1-2H3,(H,20,21). The summed E-state index contributed by atoms with van der Waals surface area (Å²) in [6.45, 7) is 5.19. The Morgan fingerprint density at radius 3 is 2.52 bits per heavy atom. The van der Waals surface area contributed by atoms with Gasteiger partial charge in [0.2, 0.25) is 0 Å². The molecule has 2 heterocycles. The predicted octanol–water partition coefficient (Wildman–Crippen LogP) is 1.34. The Morgan fingerprint density at radius 1 is 1.38 bits per heavy atom. The number of aromatic nitrogens is 1. The second-order valence-electron chi connectivity index (χ2n) is 5.32. The summed E-state index contributed by atoms with van der Waals surface area (Å²) in [4.78, 5) is 31.2. The lowest BCUT2D eigenvalue weighted by Gasteiger charge is -2.36. The van der Waals surface area contributed by atoms with Crippen LogP contribution in [0.15, 0.2) is 18.3 Å². The molecule has 0 radical (unpaired) electrons. The van der Waals surface area contributed by atoms with Crippen LogP contribution in [0.5, 0.6) is 0 Å². The first kappa shape index (κ1) is 15.4. The largest absolute Gasteiger partial charge is 0.478 e. The fourth-order valence-electron chi connectivity index (χ4n) is 2.62. The number of hydrogen-bond acceptors (Lipinski definition) is 4. The molecule has 0 saturated carbocycles. The topological polar surface area (TPSA) is 73.7 Å². The molecular weight excluding hydrogens is 270 g/mol. The first-order valence-corrected chi connectivity index (χ1v) is 7.21. The zero-order valence-electron chi connectivity index (χ0n) is 12.5. The Hall–Kier alpha value is -1.95. The van der Waals surface area contributed by atoms with Gasteiger partial charge in [0.15, 0.2) is 0 Å². The van der Waals surface area contributed by atoms with Crippen LogP contribution in [0, 0.1) is 0 Å². The number of carbonyl (C=O) groups excluding carboxylic acids is 1. The number of pyridine rings is 1. The molecule has 1 N–H and O–H groups in total. The van der Waals surface area contributed by atoms with Gasteiger partial charge in [0.05, 0.1) is 5.56 Å². The van der Waals surface area contributed by atoms with Crippen LogP contribution in [0.3, 0.4) is 0 Å². The molecule has 0 spiro atoms. The molecule has 0 bridgehead atoms. The Morgan fingerprint density at radius 2 is 2.05 bits per heavy atom. The van der Waals surface area contributed by atoms with E-state index < -0.39 is 5.97 Å². The van der Waals surface area contributed by atoms with Crippen LogP contribution >= 0.6 is 0 Å². The summed E-state index contributed by atoms with van der Waals surface area (Å²) in [5.74, 6) is -1.19. The fraction of sp³-hybridized carbons (Fsp3) is 0.533. The molecule has 21 heavy (non-hydrogen) atoms. The van der Waals surface area contributed by atoms with Gasteiger partial charge in [-0.3, -0.25) is 9.78 Å². The van der Waals surface area contributed by atoms with E-state index in [-0.39, 0.29) is 17.5 Å². The van der Waals surface area contributed by atoms with Crippen LogP contribution in [0.4, 0.5) is 0 Å². The van der Waals surface area contributed by atoms with Gasteiger partial charge in [-0.25, -0.2) is 4.79 Å². The molecule has 1 saturated heterocycles. The number of carbonyl (C=O) groups is 2. The molecule has 1 aromatic rings. The van der Waals surface area contributed by atoms with Crippen molar-refractivity contribution in [2.24, 2.45) is 0 Å². The molecule has 1 aromatic heterocycles. The van der Waals surface area contributed by atoms with Crippen molar-refractivity contribution in [1.82, 2.24) is 14.8 Å². The van der Waals surface area contributed by atoms with Gasteiger partial charge >= 0.3 is 5.97 Å². The Kier molecular flexibility index (Phi) is 4.90. The van der Waals surface area contributed by atoms with Crippen LogP contribution in [-0.4, -0.2) is 64.5 Å². The van der Waals surface area contributed by atoms with Gasteiger partial charge in [-0.1, -0.05) is 6.92 Å². The smallest absolute Gasteiger partial charge is 0.337 e. The van der Waals surface area contributed by atoms with E-state index in [0.29, 0.717) is 5.69 Å². The van der Waals surface area contributed by atoms with Crippen LogP contribution in [-0.2, 0) is 0 Å². The third-order valence-electron chi connectivity index (χ3n) is 4.10. The lowest BCUT2D eigenvalue weighted by atomic mass is 10.0. The van der Waals surface area contributed by atoms with E-state index in [9.17, 15) is 9.59 Å². The lowest BCUT2D eigenvalue weighted by molar-refractivity contribution is 0.0637. The van der Waals surface area contributed by atoms with Gasteiger partial charge in [-0.15, -0.1) is 0 Å². The van der Waals surface area contributed by atoms with Crippen molar-refractivity contribution in [1.29, 1.82) is 0 Å². The highest BCUT2D eigenvalue weighted by molar-refractivity contribution is 5.93. The zero-order chi connectivity index (χ0) is 15.4. The van der Waals surface area contributed by atoms with E-state index in [4.69, 9.17) is 5.11 Å². The molecule has 1 aliphatic heterocycles. The van der Waals surface area contributed by atoms with Gasteiger partial charge in [-0.2, -0.15) is 0 Å². The average Bonchev–Trinajstić information content (AvgIpc) is 2.53. The number of carboxylic acids is 1. The van der Waals surface area contributed by atoms with Crippen molar-refractivity contribution < 1.29 is 14.7 Å². The molecular formula is C15H21N3O3. The molecule has 114 valence electrons. The van der Waals surface area contributed by atoms with Crippen LogP contribution < -0.4 is 0 Å². The summed E-state index contributed by atoms with van der Waals surface area (Å²) >= 11 is 0. The minimum atomic E-state index is -1.04. The molecule has 6 heteroatoms. The van der Waals surface area contributed by atoms with Crippen LogP contribution in [0.2, 0.25) is 0 Å². The second-order valence-corrected chi connectivity index (χ2v) is 5.32. The first-order chi connectivity index (χ1) is 10.0. The molecule has 6 nitrogen and oxygen atoms in total. The number of amides is 1. The van der Waals surface area contributed by atoms with Crippen molar-refractivity contribution >= 4 is 11.9 Å². The van der Waals surface area contributed by atoms with Crippen LogP contribution in [0.1, 0.15) is 40.6 Å². The van der Waals surface area contributed by atoms with Crippen molar-refractivity contribution in [3.05, 3.63) is 29.6 Å². The summed E-state index contributed by atoms with van der Waals surface area (Å²) in [6.07, 6.45) is 3.15. The van der Waals surface area contributed by atoms with E-state index >= 15 is 0 Å². The molecule has 1 fully saturated rings. The summed E-state index contributed by atoms with van der Waals surface area (Å²) in [5, 5.41) is 8.84. The number of hydrogen-bond donors (Lipinski definition) is 1. The molecule has 0 aromatic carbocycles. The van der Waals surface area contributed by atoms with Crippen molar-refractivity contribution in [2.75, 3.05) is 26.7 Å². The molecule has 1 amide bonds. The maximum absolute atomic E-state index is 12.4. The summed E-state index contributed by atoms with van der Waals surface area (Å²) < 4.78 is 0. The Balaban J connectivity index is 2.00. The van der Waals surface area contributed by atoms with E-state index in [0.717, 1.165) is 32.5 Å². The Labute approximate surface area is 124 Å². The summed E-state index contributed by atoms with van der Waals surface area (Å²) in [7, 11) is 1.79.